The number of amides is 1. The molecule has 1 amide bonds. The Labute approximate surface area is 167 Å². The second-order valence-corrected chi connectivity index (χ2v) is 8.57. The third-order valence-electron chi connectivity index (χ3n) is 4.86. The number of sulfonamides is 1. The minimum absolute atomic E-state index is 0.135. The average molecular weight is 410 g/mol. The monoisotopic (exact) mass is 410 g/mol. The summed E-state index contributed by atoms with van der Waals surface area (Å²) >= 11 is 0. The van der Waals surface area contributed by atoms with E-state index < -0.39 is 16.0 Å². The fourth-order valence-electron chi connectivity index (χ4n) is 3.50. The first-order valence-corrected chi connectivity index (χ1v) is 10.5. The summed E-state index contributed by atoms with van der Waals surface area (Å²) in [6.07, 6.45) is 0.488. The second kappa shape index (κ2) is 7.21. The molecule has 1 aliphatic heterocycles. The topological polar surface area (TPSA) is 104 Å². The van der Waals surface area contributed by atoms with Gasteiger partial charge in [0.1, 0.15) is 0 Å². The zero-order chi connectivity index (χ0) is 20.6. The van der Waals surface area contributed by atoms with Crippen LogP contribution in [-0.4, -0.2) is 31.9 Å². The number of carbonyl (C=O) groups excluding carboxylic acids is 1. The molecule has 3 aromatic rings. The molecular weight excluding hydrogens is 392 g/mol. The molecule has 0 bridgehead atoms. The third kappa shape index (κ3) is 3.42. The van der Waals surface area contributed by atoms with Crippen molar-refractivity contribution in [2.45, 2.75) is 17.7 Å². The molecule has 0 aromatic heterocycles. The summed E-state index contributed by atoms with van der Waals surface area (Å²) in [6, 6.07) is 16.5. The van der Waals surface area contributed by atoms with E-state index in [1.54, 1.807) is 18.2 Å². The molecule has 7 nitrogen and oxygen atoms in total. The van der Waals surface area contributed by atoms with Crippen molar-refractivity contribution in [2.75, 3.05) is 16.2 Å². The van der Waals surface area contributed by atoms with Crippen LogP contribution >= 0.6 is 0 Å². The molecule has 2 N–H and O–H groups in total. The number of nitrogens with one attached hydrogen (secondary N) is 1. The number of carboxylic acid groups (broad SMARTS) is 1. The Morgan fingerprint density at radius 2 is 1.66 bits per heavy atom. The van der Waals surface area contributed by atoms with Gasteiger partial charge in [-0.3, -0.25) is 9.10 Å². The number of hydrogen-bond acceptors (Lipinski definition) is 4. The van der Waals surface area contributed by atoms with Crippen LogP contribution < -0.4 is 9.62 Å². The van der Waals surface area contributed by atoms with Crippen molar-refractivity contribution >= 4 is 44.0 Å². The molecule has 29 heavy (non-hydrogen) atoms. The Morgan fingerprint density at radius 1 is 0.966 bits per heavy atom. The van der Waals surface area contributed by atoms with Gasteiger partial charge in [0.05, 0.1) is 16.1 Å². The first-order chi connectivity index (χ1) is 13.9. The molecule has 0 aliphatic carbocycles. The second-order valence-electron chi connectivity index (χ2n) is 6.74. The average Bonchev–Trinajstić information content (AvgIpc) is 2.92. The largest absolute Gasteiger partial charge is 0.478 e. The van der Waals surface area contributed by atoms with Crippen molar-refractivity contribution in [3.8, 4) is 0 Å². The highest BCUT2D eigenvalue weighted by molar-refractivity contribution is 7.93. The smallest absolute Gasteiger partial charge is 0.335 e. The number of carbonyl (C=O) groups is 2. The third-order valence-corrected chi connectivity index (χ3v) is 6.72. The quantitative estimate of drug-likeness (QED) is 0.648. The summed E-state index contributed by atoms with van der Waals surface area (Å²) in [5.74, 6) is -1.30. The van der Waals surface area contributed by atoms with Gasteiger partial charge in [-0.2, -0.15) is 0 Å². The van der Waals surface area contributed by atoms with E-state index in [-0.39, 0.29) is 24.4 Å². The normalized spacial score (nSPS) is 14.1. The molecule has 8 heteroatoms. The van der Waals surface area contributed by atoms with Crippen LogP contribution in [0.2, 0.25) is 0 Å². The number of carboxylic acids is 1. The summed E-state index contributed by atoms with van der Waals surface area (Å²) in [6.45, 7) is 0.196. The molecule has 0 unspecified atom stereocenters. The first-order valence-electron chi connectivity index (χ1n) is 9.05. The Kier molecular flexibility index (Phi) is 4.71. The van der Waals surface area contributed by atoms with Crippen LogP contribution in [0.5, 0.6) is 0 Å². The number of aromatic carboxylic acids is 1. The van der Waals surface area contributed by atoms with E-state index in [4.69, 9.17) is 5.11 Å². The fourth-order valence-corrected chi connectivity index (χ4v) is 5.25. The summed E-state index contributed by atoms with van der Waals surface area (Å²) in [5, 5.41) is 13.2. The van der Waals surface area contributed by atoms with E-state index >= 15 is 0 Å². The number of benzene rings is 3. The van der Waals surface area contributed by atoms with Crippen LogP contribution in [0.15, 0.2) is 65.6 Å². The van der Waals surface area contributed by atoms with Crippen molar-refractivity contribution in [3.63, 3.8) is 0 Å². The van der Waals surface area contributed by atoms with Crippen molar-refractivity contribution in [2.24, 2.45) is 0 Å². The van der Waals surface area contributed by atoms with Crippen molar-refractivity contribution in [3.05, 3.63) is 66.2 Å². The van der Waals surface area contributed by atoms with Gasteiger partial charge < -0.3 is 10.4 Å². The maximum absolute atomic E-state index is 12.9. The molecular formula is C21H18N2O5S. The van der Waals surface area contributed by atoms with Crippen LogP contribution in [0.1, 0.15) is 23.2 Å². The lowest BCUT2D eigenvalue weighted by Gasteiger charge is -2.18. The Bertz CT molecular complexity index is 1210. The molecule has 0 fully saturated rings. The van der Waals surface area contributed by atoms with E-state index in [2.05, 4.69) is 5.32 Å². The first kappa shape index (κ1) is 18.9. The van der Waals surface area contributed by atoms with Crippen LogP contribution in [0.3, 0.4) is 0 Å². The standard InChI is InChI=1S/C21H18N2O5S/c24-19(22-16-11-9-15(10-12-16)21(25)26)8-3-13-23-17-6-1-4-14-5-2-7-18(20(14)17)29(23,27)28/h1-2,4-7,9-12H,3,8,13H2,(H,22,24)(H,25,26). The van der Waals surface area contributed by atoms with Gasteiger partial charge in [-0.15, -0.1) is 0 Å². The van der Waals surface area contributed by atoms with Crippen LogP contribution in [0.25, 0.3) is 10.8 Å². The van der Waals surface area contributed by atoms with Crippen LogP contribution in [0, 0.1) is 0 Å². The Balaban J connectivity index is 1.42. The molecule has 1 heterocycles. The Hall–Kier alpha value is -3.39. The zero-order valence-electron chi connectivity index (χ0n) is 15.3. The van der Waals surface area contributed by atoms with Gasteiger partial charge in [-0.1, -0.05) is 24.3 Å². The minimum atomic E-state index is -3.62. The predicted octanol–water partition coefficient (Wildman–Crippen LogP) is 3.47. The molecule has 4 rings (SSSR count). The number of hydrogen-bond donors (Lipinski definition) is 2. The summed E-state index contributed by atoms with van der Waals surface area (Å²) in [5.41, 5.74) is 1.27. The van der Waals surface area contributed by atoms with Gasteiger partial charge in [0.25, 0.3) is 10.0 Å². The number of nitrogens with zero attached hydrogens (tertiary/aromatic N) is 1. The van der Waals surface area contributed by atoms with Gasteiger partial charge in [-0.25, -0.2) is 13.2 Å². The summed E-state index contributed by atoms with van der Waals surface area (Å²) in [7, 11) is -3.62. The lowest BCUT2D eigenvalue weighted by Crippen LogP contribution is -2.28. The highest BCUT2D eigenvalue weighted by atomic mass is 32.2. The van der Waals surface area contributed by atoms with Gasteiger partial charge in [-0.05, 0) is 48.2 Å². The van der Waals surface area contributed by atoms with Crippen molar-refractivity contribution in [1.82, 2.24) is 0 Å². The minimum Gasteiger partial charge on any atom is -0.478 e. The highest BCUT2D eigenvalue weighted by Gasteiger charge is 2.34. The van der Waals surface area contributed by atoms with E-state index in [0.29, 0.717) is 22.7 Å². The lowest BCUT2D eigenvalue weighted by atomic mass is 10.1. The van der Waals surface area contributed by atoms with E-state index in [1.807, 2.05) is 18.2 Å². The molecule has 1 aliphatic rings. The number of rotatable bonds is 6. The van der Waals surface area contributed by atoms with Crippen LogP contribution in [-0.2, 0) is 14.8 Å². The molecule has 0 atom stereocenters. The maximum Gasteiger partial charge on any atom is 0.335 e. The Morgan fingerprint density at radius 3 is 2.34 bits per heavy atom. The molecule has 0 spiro atoms. The lowest BCUT2D eigenvalue weighted by molar-refractivity contribution is -0.116. The van der Waals surface area contributed by atoms with E-state index in [0.717, 1.165) is 10.8 Å². The van der Waals surface area contributed by atoms with Gasteiger partial charge in [0.2, 0.25) is 5.91 Å². The fraction of sp³-hybridized carbons (Fsp3) is 0.143. The SMILES string of the molecule is O=C(CCCN1c2cccc3cccc(c23)S1(=O)=O)Nc1ccc(C(=O)O)cc1. The molecule has 0 saturated heterocycles. The van der Waals surface area contributed by atoms with E-state index in [9.17, 15) is 18.0 Å². The van der Waals surface area contributed by atoms with Gasteiger partial charge in [0, 0.05) is 24.0 Å². The van der Waals surface area contributed by atoms with Crippen molar-refractivity contribution in [1.29, 1.82) is 0 Å². The molecule has 3 aromatic carbocycles. The highest BCUT2D eigenvalue weighted by Crippen LogP contribution is 2.41. The molecule has 148 valence electrons. The van der Waals surface area contributed by atoms with Gasteiger partial charge >= 0.3 is 5.97 Å². The predicted molar refractivity (Wildman–Crippen MR) is 110 cm³/mol. The molecule has 0 saturated carbocycles. The van der Waals surface area contributed by atoms with Gasteiger partial charge in [0.15, 0.2) is 0 Å². The number of anilines is 2. The van der Waals surface area contributed by atoms with Crippen LogP contribution in [0.4, 0.5) is 11.4 Å². The van der Waals surface area contributed by atoms with Crippen molar-refractivity contribution < 1.29 is 23.1 Å². The zero-order valence-corrected chi connectivity index (χ0v) is 16.1. The maximum atomic E-state index is 12.9. The summed E-state index contributed by atoms with van der Waals surface area (Å²) in [4.78, 5) is 23.3. The van der Waals surface area contributed by atoms with E-state index in [1.165, 1.54) is 28.6 Å². The molecule has 0 radical (unpaired) electrons. The summed E-state index contributed by atoms with van der Waals surface area (Å²) < 4.78 is 27.2.